The van der Waals surface area contributed by atoms with Crippen LogP contribution in [-0.2, 0) is 4.79 Å². The highest BCUT2D eigenvalue weighted by Gasteiger charge is 2.24. The van der Waals surface area contributed by atoms with Gasteiger partial charge < -0.3 is 20.8 Å². The number of amides is 1. The lowest BCUT2D eigenvalue weighted by atomic mass is 9.85. The van der Waals surface area contributed by atoms with Gasteiger partial charge in [0.05, 0.1) is 6.61 Å². The Morgan fingerprint density at radius 2 is 2.33 bits per heavy atom. The first-order valence-electron chi connectivity index (χ1n) is 6.75. The minimum atomic E-state index is -1.23. The molecule has 1 heterocycles. The Morgan fingerprint density at radius 3 is 2.89 bits per heavy atom. The number of nitrogens with one attached hydrogen (secondary N) is 2. The van der Waals surface area contributed by atoms with Crippen molar-refractivity contribution in [2.45, 2.75) is 38.7 Å². The molecule has 0 aromatic carbocycles. The standard InChI is InChI=1S/C13H26N2O3/c1-10(11-4-3-5-14-7-11)6-12(17)15-8-13(2,18)9-16/h10-11,14,16,18H,3-9H2,1-2H3,(H,15,17). The molecule has 106 valence electrons. The van der Waals surface area contributed by atoms with Crippen LogP contribution in [0.4, 0.5) is 0 Å². The summed E-state index contributed by atoms with van der Waals surface area (Å²) in [4.78, 5) is 11.7. The first-order valence-corrected chi connectivity index (χ1v) is 6.75. The number of carbonyl (C=O) groups excluding carboxylic acids is 1. The summed E-state index contributed by atoms with van der Waals surface area (Å²) in [6.45, 7) is 5.41. The Balaban J connectivity index is 2.26. The molecule has 3 atom stereocenters. The number of aliphatic hydroxyl groups is 2. The predicted molar refractivity (Wildman–Crippen MR) is 70.1 cm³/mol. The van der Waals surface area contributed by atoms with Crippen molar-refractivity contribution in [1.82, 2.24) is 10.6 Å². The molecule has 0 aromatic heterocycles. The number of aliphatic hydroxyl groups excluding tert-OH is 1. The van der Waals surface area contributed by atoms with Crippen molar-refractivity contribution in [3.05, 3.63) is 0 Å². The molecule has 1 rings (SSSR count). The van der Waals surface area contributed by atoms with Gasteiger partial charge in [0.2, 0.25) is 5.91 Å². The number of hydrogen-bond acceptors (Lipinski definition) is 4. The third-order valence-electron chi connectivity index (χ3n) is 3.65. The second-order valence-corrected chi connectivity index (χ2v) is 5.72. The van der Waals surface area contributed by atoms with Crippen molar-refractivity contribution in [2.75, 3.05) is 26.2 Å². The Morgan fingerprint density at radius 1 is 1.61 bits per heavy atom. The van der Waals surface area contributed by atoms with Crippen LogP contribution >= 0.6 is 0 Å². The van der Waals surface area contributed by atoms with Crippen molar-refractivity contribution < 1.29 is 15.0 Å². The molecule has 0 saturated carbocycles. The molecule has 18 heavy (non-hydrogen) atoms. The Bertz CT molecular complexity index is 263. The molecule has 1 fully saturated rings. The minimum Gasteiger partial charge on any atom is -0.393 e. The lowest BCUT2D eigenvalue weighted by Gasteiger charge is -2.28. The lowest BCUT2D eigenvalue weighted by Crippen LogP contribution is -2.44. The molecule has 3 unspecified atom stereocenters. The molecule has 0 aliphatic carbocycles. The maximum atomic E-state index is 11.7. The molecular weight excluding hydrogens is 232 g/mol. The van der Waals surface area contributed by atoms with Gasteiger partial charge in [0.1, 0.15) is 5.60 Å². The average molecular weight is 258 g/mol. The summed E-state index contributed by atoms with van der Waals surface area (Å²) in [6.07, 6.45) is 2.83. The van der Waals surface area contributed by atoms with Gasteiger partial charge >= 0.3 is 0 Å². The van der Waals surface area contributed by atoms with Gasteiger partial charge in [-0.15, -0.1) is 0 Å². The summed E-state index contributed by atoms with van der Waals surface area (Å²) in [7, 11) is 0. The van der Waals surface area contributed by atoms with E-state index in [4.69, 9.17) is 5.11 Å². The van der Waals surface area contributed by atoms with Crippen molar-refractivity contribution >= 4 is 5.91 Å². The molecule has 4 N–H and O–H groups in total. The van der Waals surface area contributed by atoms with Crippen molar-refractivity contribution in [3.8, 4) is 0 Å². The summed E-state index contributed by atoms with van der Waals surface area (Å²) in [6, 6.07) is 0. The maximum absolute atomic E-state index is 11.7. The van der Waals surface area contributed by atoms with Gasteiger partial charge in [-0.3, -0.25) is 4.79 Å². The van der Waals surface area contributed by atoms with Gasteiger partial charge in [-0.25, -0.2) is 0 Å². The van der Waals surface area contributed by atoms with E-state index in [0.29, 0.717) is 18.3 Å². The van der Waals surface area contributed by atoms with Crippen LogP contribution in [0.25, 0.3) is 0 Å². The monoisotopic (exact) mass is 258 g/mol. The van der Waals surface area contributed by atoms with E-state index in [2.05, 4.69) is 17.6 Å². The summed E-state index contributed by atoms with van der Waals surface area (Å²) in [5.41, 5.74) is -1.23. The smallest absolute Gasteiger partial charge is 0.220 e. The Labute approximate surface area is 109 Å². The predicted octanol–water partition coefficient (Wildman–Crippen LogP) is -0.128. The van der Waals surface area contributed by atoms with Crippen LogP contribution in [-0.4, -0.2) is 48.0 Å². The summed E-state index contributed by atoms with van der Waals surface area (Å²) >= 11 is 0. The van der Waals surface area contributed by atoms with E-state index >= 15 is 0 Å². The van der Waals surface area contributed by atoms with Gasteiger partial charge in [0.15, 0.2) is 0 Å². The molecule has 0 aromatic rings. The van der Waals surface area contributed by atoms with Crippen LogP contribution in [0.15, 0.2) is 0 Å². The molecule has 1 amide bonds. The lowest BCUT2D eigenvalue weighted by molar-refractivity contribution is -0.123. The van der Waals surface area contributed by atoms with E-state index < -0.39 is 5.60 Å². The number of carbonyl (C=O) groups is 1. The van der Waals surface area contributed by atoms with Gasteiger partial charge in [0.25, 0.3) is 0 Å². The number of hydrogen-bond donors (Lipinski definition) is 4. The second kappa shape index (κ2) is 7.07. The van der Waals surface area contributed by atoms with E-state index in [1.54, 1.807) is 0 Å². The molecule has 0 radical (unpaired) electrons. The van der Waals surface area contributed by atoms with Crippen molar-refractivity contribution in [3.63, 3.8) is 0 Å². The van der Waals surface area contributed by atoms with Crippen LogP contribution in [0.2, 0.25) is 0 Å². The molecule has 5 nitrogen and oxygen atoms in total. The zero-order valence-electron chi connectivity index (χ0n) is 11.4. The van der Waals surface area contributed by atoms with Crippen LogP contribution in [0.1, 0.15) is 33.1 Å². The van der Waals surface area contributed by atoms with E-state index in [1.807, 2.05) is 0 Å². The molecule has 1 aliphatic rings. The number of piperidine rings is 1. The molecule has 0 bridgehead atoms. The van der Waals surface area contributed by atoms with E-state index in [9.17, 15) is 9.90 Å². The second-order valence-electron chi connectivity index (χ2n) is 5.72. The topological polar surface area (TPSA) is 81.6 Å². The summed E-state index contributed by atoms with van der Waals surface area (Å²) in [5.74, 6) is 0.849. The SMILES string of the molecule is CC(CC(=O)NCC(C)(O)CO)C1CCCNC1. The van der Waals surface area contributed by atoms with Gasteiger partial charge in [-0.2, -0.15) is 0 Å². The maximum Gasteiger partial charge on any atom is 0.220 e. The quantitative estimate of drug-likeness (QED) is 0.535. The third-order valence-corrected chi connectivity index (χ3v) is 3.65. The van der Waals surface area contributed by atoms with Crippen molar-refractivity contribution in [1.29, 1.82) is 0 Å². The van der Waals surface area contributed by atoms with Gasteiger partial charge in [-0.05, 0) is 44.7 Å². The van der Waals surface area contributed by atoms with Crippen LogP contribution in [0, 0.1) is 11.8 Å². The van der Waals surface area contributed by atoms with Gasteiger partial charge in [0, 0.05) is 13.0 Å². The highest BCUT2D eigenvalue weighted by atomic mass is 16.3. The normalized spacial score (nSPS) is 25.2. The first kappa shape index (κ1) is 15.4. The van der Waals surface area contributed by atoms with Crippen LogP contribution in [0.3, 0.4) is 0 Å². The van der Waals surface area contributed by atoms with Crippen molar-refractivity contribution in [2.24, 2.45) is 11.8 Å². The molecule has 5 heteroatoms. The molecule has 1 saturated heterocycles. The highest BCUT2D eigenvalue weighted by Crippen LogP contribution is 2.22. The largest absolute Gasteiger partial charge is 0.393 e. The highest BCUT2D eigenvalue weighted by molar-refractivity contribution is 5.76. The third kappa shape index (κ3) is 5.33. The van der Waals surface area contributed by atoms with E-state index in [0.717, 1.165) is 13.1 Å². The fourth-order valence-electron chi connectivity index (χ4n) is 2.24. The minimum absolute atomic E-state index is 0.0539. The number of rotatable bonds is 6. The Kier molecular flexibility index (Phi) is 6.05. The van der Waals surface area contributed by atoms with Gasteiger partial charge in [-0.1, -0.05) is 6.92 Å². The fourth-order valence-corrected chi connectivity index (χ4v) is 2.24. The summed E-state index contributed by atoms with van der Waals surface area (Å²) < 4.78 is 0. The van der Waals surface area contributed by atoms with E-state index in [1.165, 1.54) is 19.8 Å². The summed E-state index contributed by atoms with van der Waals surface area (Å²) in [5, 5.41) is 24.5. The first-order chi connectivity index (χ1) is 8.44. The average Bonchev–Trinajstić information content (AvgIpc) is 2.37. The van der Waals surface area contributed by atoms with Crippen LogP contribution in [0.5, 0.6) is 0 Å². The molecule has 0 spiro atoms. The van der Waals surface area contributed by atoms with E-state index in [-0.39, 0.29) is 19.1 Å². The zero-order chi connectivity index (χ0) is 13.6. The fraction of sp³-hybridized carbons (Fsp3) is 0.923. The molecular formula is C13H26N2O3. The Hall–Kier alpha value is -0.650. The zero-order valence-corrected chi connectivity index (χ0v) is 11.4. The van der Waals surface area contributed by atoms with Crippen LogP contribution < -0.4 is 10.6 Å². The molecule has 1 aliphatic heterocycles.